The van der Waals surface area contributed by atoms with Crippen LogP contribution in [-0.2, 0) is 18.6 Å². The van der Waals surface area contributed by atoms with Gasteiger partial charge in [0.1, 0.15) is 11.6 Å². The smallest absolute Gasteiger partial charge is 0.418 e. The average molecular weight is 467 g/mol. The lowest BCUT2D eigenvalue weighted by molar-refractivity contribution is -0.271. The van der Waals surface area contributed by atoms with E-state index in [0.717, 1.165) is 22.9 Å². The van der Waals surface area contributed by atoms with Gasteiger partial charge in [0, 0.05) is 22.7 Å². The molecule has 0 aliphatic heterocycles. The van der Waals surface area contributed by atoms with Crippen molar-refractivity contribution in [2.24, 2.45) is 0 Å². The van der Waals surface area contributed by atoms with E-state index < -0.39 is 48.0 Å². The summed E-state index contributed by atoms with van der Waals surface area (Å²) < 4.78 is 63.1. The fourth-order valence-corrected chi connectivity index (χ4v) is 4.21. The number of para-hydroxylation sites is 1. The first-order chi connectivity index (χ1) is 15.3. The van der Waals surface area contributed by atoms with Gasteiger partial charge in [-0.1, -0.05) is 26.0 Å². The summed E-state index contributed by atoms with van der Waals surface area (Å²) in [5.74, 6) is -0.448. The number of benzene rings is 2. The van der Waals surface area contributed by atoms with Crippen molar-refractivity contribution in [3.05, 3.63) is 75.8 Å². The molecule has 0 aliphatic rings. The minimum Gasteiger partial charge on any atom is -0.496 e. The topological polar surface area (TPSA) is 71.7 Å². The number of hydrogen-bond donors (Lipinski definition) is 2. The number of aliphatic hydroxyl groups excluding tert-OH is 1. The number of hydrogen-bond acceptors (Lipinski definition) is 4. The van der Waals surface area contributed by atoms with Gasteiger partial charge in [0.2, 0.25) is 0 Å². The molecule has 1 heterocycles. The Kier molecular flexibility index (Phi) is 6.59. The largest absolute Gasteiger partial charge is 0.496 e. The molecule has 9 heteroatoms. The van der Waals surface area contributed by atoms with Gasteiger partial charge in [-0.2, -0.15) is 13.2 Å². The molecule has 1 aromatic heterocycles. The quantitative estimate of drug-likeness (QED) is 0.509. The number of pyridine rings is 1. The summed E-state index contributed by atoms with van der Waals surface area (Å²) in [4.78, 5) is 12.5. The van der Waals surface area contributed by atoms with Crippen molar-refractivity contribution in [2.75, 3.05) is 7.11 Å². The molecule has 3 aromatic rings. The second-order valence-electron chi connectivity index (χ2n) is 8.72. The predicted octanol–water partition coefficient (Wildman–Crippen LogP) is 4.30. The molecular formula is C24H25F4NO4. The zero-order chi connectivity index (χ0) is 24.6. The van der Waals surface area contributed by atoms with Crippen LogP contribution in [0.2, 0.25) is 0 Å². The summed E-state index contributed by atoms with van der Waals surface area (Å²) in [6.07, 6.45) is -4.76. The number of fused-ring (bicyclic) bond motifs is 1. The number of aromatic nitrogens is 1. The zero-order valence-electron chi connectivity index (χ0n) is 18.4. The molecule has 1 atom stereocenters. The third kappa shape index (κ3) is 4.74. The highest BCUT2D eigenvalue weighted by Gasteiger charge is 2.56. The van der Waals surface area contributed by atoms with E-state index in [2.05, 4.69) is 0 Å². The Hall–Kier alpha value is -2.91. The van der Waals surface area contributed by atoms with Gasteiger partial charge in [-0.3, -0.25) is 4.79 Å². The fraction of sp³-hybridized carbons (Fsp3) is 0.375. The summed E-state index contributed by atoms with van der Waals surface area (Å²) in [6, 6.07) is 9.58. The van der Waals surface area contributed by atoms with E-state index in [0.29, 0.717) is 0 Å². The van der Waals surface area contributed by atoms with Crippen LogP contribution in [0.1, 0.15) is 31.4 Å². The van der Waals surface area contributed by atoms with Gasteiger partial charge in [0.15, 0.2) is 11.0 Å². The predicted molar refractivity (Wildman–Crippen MR) is 116 cm³/mol. The van der Waals surface area contributed by atoms with Crippen LogP contribution < -0.4 is 10.2 Å². The minimum absolute atomic E-state index is 0.0933. The van der Waals surface area contributed by atoms with Gasteiger partial charge in [0.25, 0.3) is 0 Å². The summed E-state index contributed by atoms with van der Waals surface area (Å²) >= 11 is 0. The normalized spacial score (nSPS) is 14.3. The van der Waals surface area contributed by atoms with Crippen molar-refractivity contribution in [2.45, 2.75) is 50.6 Å². The third-order valence-corrected chi connectivity index (χ3v) is 5.82. The number of nitrogens with zero attached hydrogens (tertiary/aromatic N) is 1. The van der Waals surface area contributed by atoms with E-state index in [4.69, 9.17) is 4.74 Å². The number of halogens is 4. The molecule has 0 amide bonds. The number of aliphatic hydroxyl groups is 2. The SMILES string of the molecule is COc1ccc(F)cc1C(C)(C)CC(O)(Cn1cc(CO)c(=O)c2ccccc21)C(F)(F)F. The van der Waals surface area contributed by atoms with Crippen molar-refractivity contribution >= 4 is 10.9 Å². The summed E-state index contributed by atoms with van der Waals surface area (Å²) in [5, 5.41) is 20.7. The Bertz CT molecular complexity index is 1220. The first-order valence-corrected chi connectivity index (χ1v) is 10.2. The van der Waals surface area contributed by atoms with Crippen LogP contribution in [0.25, 0.3) is 10.9 Å². The van der Waals surface area contributed by atoms with E-state index >= 15 is 0 Å². The lowest BCUT2D eigenvalue weighted by Crippen LogP contribution is -2.52. The average Bonchev–Trinajstić information content (AvgIpc) is 2.74. The highest BCUT2D eigenvalue weighted by atomic mass is 19.4. The summed E-state index contributed by atoms with van der Waals surface area (Å²) in [7, 11) is 1.33. The molecule has 5 nitrogen and oxygen atoms in total. The summed E-state index contributed by atoms with van der Waals surface area (Å²) in [6.45, 7) is 1.32. The van der Waals surface area contributed by atoms with E-state index in [1.807, 2.05) is 0 Å². The van der Waals surface area contributed by atoms with Gasteiger partial charge in [0.05, 0.1) is 25.8 Å². The van der Waals surface area contributed by atoms with E-state index in [1.165, 1.54) is 39.2 Å². The van der Waals surface area contributed by atoms with Gasteiger partial charge in [-0.15, -0.1) is 0 Å². The Labute approximate surface area is 187 Å². The second-order valence-corrected chi connectivity index (χ2v) is 8.72. The van der Waals surface area contributed by atoms with Gasteiger partial charge in [-0.25, -0.2) is 4.39 Å². The standard InChI is InChI=1S/C24H25F4NO4/c1-22(2,18-10-16(25)8-9-20(18)33-3)13-23(32,24(26,27)28)14-29-11-15(12-30)21(31)17-6-4-5-7-19(17)29/h4-11,30,32H,12-14H2,1-3H3. The lowest BCUT2D eigenvalue weighted by Gasteiger charge is -2.39. The van der Waals surface area contributed by atoms with Crippen LogP contribution in [0.15, 0.2) is 53.5 Å². The van der Waals surface area contributed by atoms with Crippen molar-refractivity contribution in [3.8, 4) is 5.75 Å². The molecule has 3 rings (SSSR count). The van der Waals surface area contributed by atoms with Crippen LogP contribution in [0.3, 0.4) is 0 Å². The first kappa shape index (κ1) is 24.7. The van der Waals surface area contributed by atoms with Gasteiger partial charge in [-0.05, 0) is 42.2 Å². The maximum Gasteiger partial charge on any atom is 0.418 e. The van der Waals surface area contributed by atoms with Crippen LogP contribution in [0.5, 0.6) is 5.75 Å². The number of rotatable bonds is 7. The van der Waals surface area contributed by atoms with Gasteiger partial charge >= 0.3 is 6.18 Å². The third-order valence-electron chi connectivity index (χ3n) is 5.82. The Morgan fingerprint density at radius 2 is 1.76 bits per heavy atom. The van der Waals surface area contributed by atoms with Crippen LogP contribution in [-0.4, -0.2) is 33.7 Å². The van der Waals surface area contributed by atoms with Crippen LogP contribution >= 0.6 is 0 Å². The first-order valence-electron chi connectivity index (χ1n) is 10.2. The molecule has 1 unspecified atom stereocenters. The number of methoxy groups -OCH3 is 1. The van der Waals surface area contributed by atoms with E-state index in [9.17, 15) is 32.6 Å². The monoisotopic (exact) mass is 467 g/mol. The van der Waals surface area contributed by atoms with Crippen LogP contribution in [0.4, 0.5) is 17.6 Å². The molecule has 178 valence electrons. The van der Waals surface area contributed by atoms with E-state index in [-0.39, 0.29) is 27.8 Å². The molecular weight excluding hydrogens is 442 g/mol. The highest BCUT2D eigenvalue weighted by molar-refractivity contribution is 5.79. The Morgan fingerprint density at radius 1 is 1.09 bits per heavy atom. The Balaban J connectivity index is 2.13. The maximum atomic E-state index is 14.3. The van der Waals surface area contributed by atoms with Crippen molar-refractivity contribution in [3.63, 3.8) is 0 Å². The maximum absolute atomic E-state index is 14.3. The number of alkyl halides is 3. The molecule has 33 heavy (non-hydrogen) atoms. The fourth-order valence-electron chi connectivity index (χ4n) is 4.21. The van der Waals surface area contributed by atoms with E-state index in [1.54, 1.807) is 12.1 Å². The molecule has 0 spiro atoms. The molecule has 0 aliphatic carbocycles. The molecule has 0 bridgehead atoms. The molecule has 0 saturated heterocycles. The number of ether oxygens (including phenoxy) is 1. The van der Waals surface area contributed by atoms with Gasteiger partial charge < -0.3 is 19.5 Å². The van der Waals surface area contributed by atoms with Crippen molar-refractivity contribution in [1.29, 1.82) is 0 Å². The molecule has 0 fully saturated rings. The summed E-state index contributed by atoms with van der Waals surface area (Å²) in [5.41, 5.74) is -4.84. The highest BCUT2D eigenvalue weighted by Crippen LogP contribution is 2.44. The Morgan fingerprint density at radius 3 is 2.36 bits per heavy atom. The van der Waals surface area contributed by atoms with Crippen molar-refractivity contribution in [1.82, 2.24) is 4.57 Å². The van der Waals surface area contributed by atoms with Crippen molar-refractivity contribution < 1.29 is 32.5 Å². The minimum atomic E-state index is -5.06. The molecule has 0 saturated carbocycles. The second kappa shape index (κ2) is 8.79. The zero-order valence-corrected chi connectivity index (χ0v) is 18.4. The molecule has 0 radical (unpaired) electrons. The van der Waals surface area contributed by atoms with Crippen LogP contribution in [0, 0.1) is 5.82 Å². The molecule has 2 N–H and O–H groups in total. The lowest BCUT2D eigenvalue weighted by atomic mass is 9.74. The molecule has 2 aromatic carbocycles.